The lowest BCUT2D eigenvalue weighted by Crippen LogP contribution is -2.51. The smallest absolute Gasteiger partial charge is 0.323 e. The normalized spacial score (nSPS) is 21.9. The van der Waals surface area contributed by atoms with E-state index in [0.29, 0.717) is 13.0 Å². The minimum Gasteiger partial charge on any atom is -0.374 e. The van der Waals surface area contributed by atoms with Gasteiger partial charge in [-0.25, -0.2) is 4.79 Å². The summed E-state index contributed by atoms with van der Waals surface area (Å²) in [6.45, 7) is 0.513. The van der Waals surface area contributed by atoms with E-state index >= 15 is 0 Å². The summed E-state index contributed by atoms with van der Waals surface area (Å²) in [5.74, 6) is 0. The number of aromatic nitrogens is 1. The number of anilines is 1. The van der Waals surface area contributed by atoms with Crippen molar-refractivity contribution < 1.29 is 9.90 Å². The van der Waals surface area contributed by atoms with Gasteiger partial charge in [-0.1, -0.05) is 0 Å². The van der Waals surface area contributed by atoms with E-state index in [9.17, 15) is 9.90 Å². The summed E-state index contributed by atoms with van der Waals surface area (Å²) in [7, 11) is 0. The molecular weight excluding hydrogens is 182 g/mol. The first kappa shape index (κ1) is 8.96. The fourth-order valence-electron chi connectivity index (χ4n) is 1.41. The van der Waals surface area contributed by atoms with Crippen LogP contribution in [0.5, 0.6) is 0 Å². The molecule has 0 aromatic carbocycles. The third-order valence-corrected chi connectivity index (χ3v) is 2.12. The molecule has 0 spiro atoms. The van der Waals surface area contributed by atoms with E-state index in [2.05, 4.69) is 10.3 Å². The van der Waals surface area contributed by atoms with E-state index in [-0.39, 0.29) is 6.03 Å². The van der Waals surface area contributed by atoms with Gasteiger partial charge in [-0.05, 0) is 12.1 Å². The van der Waals surface area contributed by atoms with E-state index in [0.717, 1.165) is 5.69 Å². The standard InChI is InChI=1S/C9H11N3O2/c13-8-3-5-12(9(14)11-8)7-2-1-4-10-6-7/h1-2,4,6,8,13H,3,5H2,(H,11,14). The number of carbonyl (C=O) groups is 1. The van der Waals surface area contributed by atoms with E-state index in [1.54, 1.807) is 23.4 Å². The van der Waals surface area contributed by atoms with Crippen molar-refractivity contribution in [2.75, 3.05) is 11.4 Å². The molecule has 1 aliphatic heterocycles. The fraction of sp³-hybridized carbons (Fsp3) is 0.333. The van der Waals surface area contributed by atoms with Crippen molar-refractivity contribution in [2.45, 2.75) is 12.6 Å². The highest BCUT2D eigenvalue weighted by Crippen LogP contribution is 2.15. The zero-order chi connectivity index (χ0) is 9.97. The third-order valence-electron chi connectivity index (χ3n) is 2.12. The molecule has 0 radical (unpaired) electrons. The fourth-order valence-corrected chi connectivity index (χ4v) is 1.41. The maximum Gasteiger partial charge on any atom is 0.323 e. The highest BCUT2D eigenvalue weighted by Gasteiger charge is 2.24. The molecule has 74 valence electrons. The molecule has 1 unspecified atom stereocenters. The van der Waals surface area contributed by atoms with Crippen LogP contribution in [0.1, 0.15) is 6.42 Å². The number of rotatable bonds is 1. The first-order valence-electron chi connectivity index (χ1n) is 4.43. The predicted molar refractivity (Wildman–Crippen MR) is 50.7 cm³/mol. The number of urea groups is 1. The molecule has 0 bridgehead atoms. The van der Waals surface area contributed by atoms with Crippen molar-refractivity contribution in [1.82, 2.24) is 10.3 Å². The van der Waals surface area contributed by atoms with Crippen molar-refractivity contribution in [2.24, 2.45) is 0 Å². The van der Waals surface area contributed by atoms with Crippen LogP contribution in [0.15, 0.2) is 24.5 Å². The van der Waals surface area contributed by atoms with Crippen molar-refractivity contribution in [3.63, 3.8) is 0 Å². The van der Waals surface area contributed by atoms with E-state index in [4.69, 9.17) is 0 Å². The number of nitrogens with one attached hydrogen (secondary N) is 1. The summed E-state index contributed by atoms with van der Waals surface area (Å²) in [6.07, 6.45) is 3.08. The van der Waals surface area contributed by atoms with Gasteiger partial charge in [0.25, 0.3) is 0 Å². The van der Waals surface area contributed by atoms with E-state index < -0.39 is 6.23 Å². The maximum absolute atomic E-state index is 11.4. The number of carbonyl (C=O) groups excluding carboxylic acids is 1. The SMILES string of the molecule is O=C1NC(O)CCN1c1cccnc1. The van der Waals surface area contributed by atoms with Gasteiger partial charge in [0.15, 0.2) is 0 Å². The lowest BCUT2D eigenvalue weighted by molar-refractivity contribution is 0.125. The summed E-state index contributed by atoms with van der Waals surface area (Å²) < 4.78 is 0. The van der Waals surface area contributed by atoms with Crippen LogP contribution in [-0.4, -0.2) is 28.9 Å². The average Bonchev–Trinajstić information content (AvgIpc) is 2.19. The summed E-state index contributed by atoms with van der Waals surface area (Å²) in [5, 5.41) is 11.6. The largest absolute Gasteiger partial charge is 0.374 e. The zero-order valence-electron chi connectivity index (χ0n) is 7.55. The number of nitrogens with zero attached hydrogens (tertiary/aromatic N) is 2. The number of hydrogen-bond donors (Lipinski definition) is 2. The monoisotopic (exact) mass is 193 g/mol. The molecule has 5 heteroatoms. The van der Waals surface area contributed by atoms with Crippen LogP contribution in [0.4, 0.5) is 10.5 Å². The molecule has 2 N–H and O–H groups in total. The molecule has 0 saturated carbocycles. The van der Waals surface area contributed by atoms with E-state index in [1.807, 2.05) is 6.07 Å². The number of hydrogen-bond acceptors (Lipinski definition) is 3. The van der Waals surface area contributed by atoms with Gasteiger partial charge in [0.05, 0.1) is 11.9 Å². The van der Waals surface area contributed by atoms with Gasteiger partial charge in [-0.2, -0.15) is 0 Å². The second-order valence-electron chi connectivity index (χ2n) is 3.12. The molecule has 1 aromatic heterocycles. The Morgan fingerprint density at radius 2 is 2.50 bits per heavy atom. The Bertz CT molecular complexity index is 328. The second kappa shape index (κ2) is 3.63. The molecule has 2 heterocycles. The molecule has 1 fully saturated rings. The highest BCUT2D eigenvalue weighted by atomic mass is 16.3. The Morgan fingerprint density at radius 1 is 1.64 bits per heavy atom. The number of aliphatic hydroxyl groups is 1. The van der Waals surface area contributed by atoms with Crippen LogP contribution in [0.2, 0.25) is 0 Å². The molecule has 1 saturated heterocycles. The summed E-state index contributed by atoms with van der Waals surface area (Å²) in [4.78, 5) is 16.9. The van der Waals surface area contributed by atoms with Crippen molar-refractivity contribution in [1.29, 1.82) is 0 Å². The molecule has 0 aliphatic carbocycles. The maximum atomic E-state index is 11.4. The Morgan fingerprint density at radius 3 is 3.14 bits per heavy atom. The van der Waals surface area contributed by atoms with Crippen molar-refractivity contribution >= 4 is 11.7 Å². The molecule has 1 aliphatic rings. The number of aliphatic hydroxyl groups excluding tert-OH is 1. The Labute approximate surface area is 81.4 Å². The summed E-state index contributed by atoms with van der Waals surface area (Å²) in [6, 6.07) is 3.30. The van der Waals surface area contributed by atoms with Gasteiger partial charge < -0.3 is 10.4 Å². The Hall–Kier alpha value is -1.62. The van der Waals surface area contributed by atoms with Crippen LogP contribution in [0, 0.1) is 0 Å². The van der Waals surface area contributed by atoms with Crippen molar-refractivity contribution in [3.05, 3.63) is 24.5 Å². The summed E-state index contributed by atoms with van der Waals surface area (Å²) >= 11 is 0. The molecule has 14 heavy (non-hydrogen) atoms. The molecule has 2 rings (SSSR count). The average molecular weight is 193 g/mol. The van der Waals surface area contributed by atoms with Gasteiger partial charge in [0.2, 0.25) is 0 Å². The van der Waals surface area contributed by atoms with Crippen molar-refractivity contribution in [3.8, 4) is 0 Å². The van der Waals surface area contributed by atoms with Crippen LogP contribution in [0.25, 0.3) is 0 Å². The molecule has 1 atom stereocenters. The van der Waals surface area contributed by atoms with Crippen LogP contribution >= 0.6 is 0 Å². The highest BCUT2D eigenvalue weighted by molar-refractivity contribution is 5.92. The molecule has 1 aromatic rings. The molecular formula is C9H11N3O2. The number of pyridine rings is 1. The third kappa shape index (κ3) is 1.67. The molecule has 2 amide bonds. The minimum atomic E-state index is -0.726. The van der Waals surface area contributed by atoms with Gasteiger partial charge >= 0.3 is 6.03 Å². The first-order valence-corrected chi connectivity index (χ1v) is 4.43. The lowest BCUT2D eigenvalue weighted by atomic mass is 10.2. The van der Waals surface area contributed by atoms with Gasteiger partial charge in [-0.3, -0.25) is 9.88 Å². The molecule has 5 nitrogen and oxygen atoms in total. The quantitative estimate of drug-likeness (QED) is 0.675. The van der Waals surface area contributed by atoms with Gasteiger partial charge in [0.1, 0.15) is 6.23 Å². The van der Waals surface area contributed by atoms with Crippen LogP contribution in [0.3, 0.4) is 0 Å². The lowest BCUT2D eigenvalue weighted by Gasteiger charge is -2.30. The first-order chi connectivity index (χ1) is 6.77. The predicted octanol–water partition coefficient (Wildman–Crippen LogP) is 0.320. The number of amides is 2. The zero-order valence-corrected chi connectivity index (χ0v) is 7.55. The van der Waals surface area contributed by atoms with Gasteiger partial charge in [-0.15, -0.1) is 0 Å². The Kier molecular flexibility index (Phi) is 2.32. The van der Waals surface area contributed by atoms with Crippen LogP contribution < -0.4 is 10.2 Å². The summed E-state index contributed by atoms with van der Waals surface area (Å²) in [5.41, 5.74) is 0.747. The second-order valence-corrected chi connectivity index (χ2v) is 3.12. The van der Waals surface area contributed by atoms with Gasteiger partial charge in [0, 0.05) is 19.2 Å². The topological polar surface area (TPSA) is 65.5 Å². The Balaban J connectivity index is 2.16. The van der Waals surface area contributed by atoms with Crippen LogP contribution in [-0.2, 0) is 0 Å². The van der Waals surface area contributed by atoms with E-state index in [1.165, 1.54) is 0 Å². The minimum absolute atomic E-state index is 0.281.